The highest BCUT2D eigenvalue weighted by molar-refractivity contribution is 5.95. The fourth-order valence-corrected chi connectivity index (χ4v) is 3.26. The molecule has 3 heterocycles. The Bertz CT molecular complexity index is 1130. The van der Waals surface area contributed by atoms with Gasteiger partial charge < -0.3 is 14.6 Å². The van der Waals surface area contributed by atoms with Gasteiger partial charge in [0.05, 0.1) is 24.4 Å². The minimum Gasteiger partial charge on any atom is -0.477 e. The number of carbonyl (C=O) groups is 1. The third-order valence-corrected chi connectivity index (χ3v) is 5.04. The van der Waals surface area contributed by atoms with Gasteiger partial charge in [0.25, 0.3) is 5.56 Å². The van der Waals surface area contributed by atoms with E-state index in [0.717, 1.165) is 25.1 Å². The third-order valence-electron chi connectivity index (χ3n) is 5.04. The molecular formula is C22H30N6O3. The number of aryl methyl sites for hydroxylation is 1. The molecule has 0 atom stereocenters. The number of hydrogen-bond acceptors (Lipinski definition) is 7. The number of H-pyrrole nitrogens is 1. The van der Waals surface area contributed by atoms with Gasteiger partial charge in [-0.15, -0.1) is 0 Å². The summed E-state index contributed by atoms with van der Waals surface area (Å²) in [5.74, 6) is 0.545. The Kier molecular flexibility index (Phi) is 7.17. The first kappa shape index (κ1) is 22.6. The van der Waals surface area contributed by atoms with E-state index >= 15 is 0 Å². The molecule has 0 amide bonds. The van der Waals surface area contributed by atoms with Crippen LogP contribution in [-0.4, -0.2) is 62.7 Å². The monoisotopic (exact) mass is 426 g/mol. The lowest BCUT2D eigenvalue weighted by atomic mass is 10.1. The predicted molar refractivity (Wildman–Crippen MR) is 120 cm³/mol. The Hall–Kier alpha value is -3.07. The van der Waals surface area contributed by atoms with Crippen LogP contribution in [0, 0.1) is 0 Å². The number of Topliss-reactive ketones (excluding diaryl/α,β-unsaturated/α-hetero) is 1. The van der Waals surface area contributed by atoms with Crippen molar-refractivity contribution >= 4 is 16.8 Å². The Morgan fingerprint density at radius 3 is 2.68 bits per heavy atom. The molecule has 0 aliphatic rings. The van der Waals surface area contributed by atoms with Crippen LogP contribution in [-0.2, 0) is 13.0 Å². The van der Waals surface area contributed by atoms with E-state index in [4.69, 9.17) is 9.72 Å². The molecule has 1 N–H and O–H groups in total. The average molecular weight is 427 g/mol. The number of unbranched alkanes of at least 4 members (excludes halogenated alkanes) is 1. The predicted octanol–water partition coefficient (Wildman–Crippen LogP) is 2.69. The largest absolute Gasteiger partial charge is 0.477 e. The van der Waals surface area contributed by atoms with Gasteiger partial charge in [-0.25, -0.2) is 9.97 Å². The maximum absolute atomic E-state index is 12.9. The molecule has 0 bridgehead atoms. The fraction of sp³-hybridized carbons (Fsp3) is 0.500. The molecule has 0 aliphatic heterocycles. The van der Waals surface area contributed by atoms with Gasteiger partial charge in [0.2, 0.25) is 5.88 Å². The van der Waals surface area contributed by atoms with Crippen molar-refractivity contribution in [2.75, 3.05) is 27.2 Å². The topological polar surface area (TPSA) is 106 Å². The number of likely N-dealkylation sites (N-methyl/N-ethyl adjacent to an activating group) is 1. The van der Waals surface area contributed by atoms with Crippen molar-refractivity contribution in [3.8, 4) is 17.3 Å². The van der Waals surface area contributed by atoms with E-state index in [0.29, 0.717) is 53.4 Å². The minimum atomic E-state index is -0.328. The van der Waals surface area contributed by atoms with Crippen LogP contribution in [0.25, 0.3) is 22.4 Å². The Morgan fingerprint density at radius 1 is 1.26 bits per heavy atom. The third kappa shape index (κ3) is 4.99. The molecule has 0 aliphatic carbocycles. The summed E-state index contributed by atoms with van der Waals surface area (Å²) in [6.45, 7) is 7.51. The molecule has 166 valence electrons. The van der Waals surface area contributed by atoms with Crippen LogP contribution in [0.2, 0.25) is 0 Å². The number of hydrogen-bond donors (Lipinski definition) is 1. The summed E-state index contributed by atoms with van der Waals surface area (Å²) in [5, 5.41) is 4.50. The average Bonchev–Trinajstić information content (AvgIpc) is 3.10. The van der Waals surface area contributed by atoms with Crippen LogP contribution in [0.5, 0.6) is 5.88 Å². The highest BCUT2D eigenvalue weighted by Crippen LogP contribution is 2.28. The zero-order chi connectivity index (χ0) is 22.5. The number of ketones is 1. The zero-order valence-corrected chi connectivity index (χ0v) is 18.9. The number of ether oxygens (including phenoxy) is 1. The lowest BCUT2D eigenvalue weighted by Crippen LogP contribution is -2.20. The first-order valence-electron chi connectivity index (χ1n) is 10.6. The summed E-state index contributed by atoms with van der Waals surface area (Å²) in [7, 11) is 3.99. The fourth-order valence-electron chi connectivity index (χ4n) is 3.26. The lowest BCUT2D eigenvalue weighted by molar-refractivity contribution is 0.101. The standard InChI is InChI=1S/C22H30N6O3/c1-6-8-11-31-22-16(12-15(13-23-22)14(3)29)20-24-18-17(7-2)28(10-9-27(4)5)26-19(18)21(30)25-20/h12-13H,6-11H2,1-5H3,(H,24,25,30). The van der Waals surface area contributed by atoms with Crippen LogP contribution < -0.4 is 10.3 Å². The molecule has 0 unspecified atom stereocenters. The van der Waals surface area contributed by atoms with Crippen molar-refractivity contribution < 1.29 is 9.53 Å². The molecule has 9 heteroatoms. The van der Waals surface area contributed by atoms with Gasteiger partial charge in [0.15, 0.2) is 11.3 Å². The highest BCUT2D eigenvalue weighted by Gasteiger charge is 2.19. The molecule has 3 rings (SSSR count). The van der Waals surface area contributed by atoms with Crippen LogP contribution >= 0.6 is 0 Å². The van der Waals surface area contributed by atoms with Crippen molar-refractivity contribution in [2.24, 2.45) is 0 Å². The number of nitrogens with one attached hydrogen (secondary N) is 1. The summed E-state index contributed by atoms with van der Waals surface area (Å²) >= 11 is 0. The second kappa shape index (κ2) is 9.82. The molecule has 0 saturated carbocycles. The van der Waals surface area contributed by atoms with Gasteiger partial charge in [0.1, 0.15) is 11.3 Å². The first-order valence-corrected chi connectivity index (χ1v) is 10.6. The number of carbonyl (C=O) groups excluding carboxylic acids is 1. The lowest BCUT2D eigenvalue weighted by Gasteiger charge is -2.11. The van der Waals surface area contributed by atoms with Crippen molar-refractivity contribution in [3.63, 3.8) is 0 Å². The quantitative estimate of drug-likeness (QED) is 0.392. The van der Waals surface area contributed by atoms with E-state index in [9.17, 15) is 9.59 Å². The molecule has 0 radical (unpaired) electrons. The van der Waals surface area contributed by atoms with Gasteiger partial charge in [0, 0.05) is 18.3 Å². The summed E-state index contributed by atoms with van der Waals surface area (Å²) in [6, 6.07) is 1.67. The Balaban J connectivity index is 2.14. The molecule has 3 aromatic heterocycles. The summed E-state index contributed by atoms with van der Waals surface area (Å²) < 4.78 is 7.68. The molecular weight excluding hydrogens is 396 g/mol. The molecule has 0 saturated heterocycles. The van der Waals surface area contributed by atoms with E-state index in [1.807, 2.05) is 25.7 Å². The highest BCUT2D eigenvalue weighted by atomic mass is 16.5. The smallest absolute Gasteiger partial charge is 0.279 e. The van der Waals surface area contributed by atoms with Crippen molar-refractivity contribution in [1.82, 2.24) is 29.6 Å². The Morgan fingerprint density at radius 2 is 2.03 bits per heavy atom. The van der Waals surface area contributed by atoms with E-state index in [1.54, 1.807) is 6.07 Å². The SMILES string of the molecule is CCCCOc1ncc(C(C)=O)cc1-c1nc2c(CC)n(CCN(C)C)nc2c(=O)[nH]1. The molecule has 0 aromatic carbocycles. The van der Waals surface area contributed by atoms with Gasteiger partial charge in [-0.05, 0) is 39.9 Å². The number of nitrogens with zero attached hydrogens (tertiary/aromatic N) is 5. The minimum absolute atomic E-state index is 0.122. The summed E-state index contributed by atoms with van der Waals surface area (Å²) in [5.41, 5.74) is 2.36. The van der Waals surface area contributed by atoms with E-state index < -0.39 is 0 Å². The van der Waals surface area contributed by atoms with Crippen molar-refractivity contribution in [2.45, 2.75) is 46.6 Å². The van der Waals surface area contributed by atoms with Crippen LogP contribution in [0.3, 0.4) is 0 Å². The summed E-state index contributed by atoms with van der Waals surface area (Å²) in [6.07, 6.45) is 4.02. The van der Waals surface area contributed by atoms with Crippen molar-refractivity contribution in [3.05, 3.63) is 33.9 Å². The molecule has 9 nitrogen and oxygen atoms in total. The van der Waals surface area contributed by atoms with Gasteiger partial charge in [-0.3, -0.25) is 14.3 Å². The number of rotatable bonds is 10. The van der Waals surface area contributed by atoms with Crippen LogP contribution in [0.15, 0.2) is 17.1 Å². The molecule has 31 heavy (non-hydrogen) atoms. The van der Waals surface area contributed by atoms with Gasteiger partial charge in [-0.2, -0.15) is 5.10 Å². The van der Waals surface area contributed by atoms with E-state index in [2.05, 4.69) is 26.9 Å². The molecule has 3 aromatic rings. The second-order valence-corrected chi connectivity index (χ2v) is 7.77. The second-order valence-electron chi connectivity index (χ2n) is 7.77. The molecule has 0 fully saturated rings. The molecule has 0 spiro atoms. The Labute approximate surface area is 181 Å². The maximum Gasteiger partial charge on any atom is 0.279 e. The summed E-state index contributed by atoms with van der Waals surface area (Å²) in [4.78, 5) is 38.7. The maximum atomic E-state index is 12.9. The normalized spacial score (nSPS) is 11.4. The number of aromatic amines is 1. The van der Waals surface area contributed by atoms with E-state index in [1.165, 1.54) is 13.1 Å². The number of aromatic nitrogens is 5. The van der Waals surface area contributed by atoms with Crippen molar-refractivity contribution in [1.29, 1.82) is 0 Å². The van der Waals surface area contributed by atoms with Gasteiger partial charge in [-0.1, -0.05) is 20.3 Å². The first-order chi connectivity index (χ1) is 14.8. The number of fused-ring (bicyclic) bond motifs is 1. The number of pyridine rings is 1. The van der Waals surface area contributed by atoms with E-state index in [-0.39, 0.29) is 11.3 Å². The zero-order valence-electron chi connectivity index (χ0n) is 18.9. The van der Waals surface area contributed by atoms with Gasteiger partial charge >= 0.3 is 0 Å². The van der Waals surface area contributed by atoms with Crippen LogP contribution in [0.4, 0.5) is 0 Å². The van der Waals surface area contributed by atoms with Crippen LogP contribution in [0.1, 0.15) is 49.7 Å².